The third-order valence-corrected chi connectivity index (χ3v) is 5.15. The number of hydrogen-bond donors (Lipinski definition) is 2. The van der Waals surface area contributed by atoms with E-state index in [0.29, 0.717) is 34.8 Å². The lowest BCUT2D eigenvalue weighted by atomic mass is 10.2. The van der Waals surface area contributed by atoms with Crippen LogP contribution in [0.2, 0.25) is 0 Å². The quantitative estimate of drug-likeness (QED) is 0.631. The highest BCUT2D eigenvalue weighted by molar-refractivity contribution is 5.93. The van der Waals surface area contributed by atoms with Crippen LogP contribution < -0.4 is 20.1 Å². The first-order valence-electron chi connectivity index (χ1n) is 9.94. The normalized spacial score (nSPS) is 15.9. The number of hydrogen-bond acceptors (Lipinski definition) is 7. The summed E-state index contributed by atoms with van der Waals surface area (Å²) in [7, 11) is 1.53. The summed E-state index contributed by atoms with van der Waals surface area (Å²) in [4.78, 5) is 23.2. The molecule has 1 unspecified atom stereocenters. The number of fused-ring (bicyclic) bond motifs is 1. The number of carbonyl (C=O) groups is 1. The molecule has 1 aliphatic heterocycles. The maximum absolute atomic E-state index is 12.8. The van der Waals surface area contributed by atoms with Gasteiger partial charge in [0.1, 0.15) is 12.1 Å². The Hall–Kier alpha value is -3.83. The third kappa shape index (κ3) is 4.37. The zero-order valence-electron chi connectivity index (χ0n) is 17.4. The van der Waals surface area contributed by atoms with Crippen LogP contribution in [0.4, 0.5) is 16.3 Å². The molecule has 1 aromatic heterocycles. The van der Waals surface area contributed by atoms with Crippen molar-refractivity contribution in [3.63, 3.8) is 0 Å². The van der Waals surface area contributed by atoms with Crippen molar-refractivity contribution in [1.82, 2.24) is 20.2 Å². The molecule has 1 saturated heterocycles. The van der Waals surface area contributed by atoms with E-state index in [2.05, 4.69) is 26.5 Å². The van der Waals surface area contributed by atoms with Gasteiger partial charge in [-0.3, -0.25) is 0 Å². The summed E-state index contributed by atoms with van der Waals surface area (Å²) in [6.45, 7) is 4.01. The van der Waals surface area contributed by atoms with Crippen LogP contribution in [0.3, 0.4) is 0 Å². The molecule has 0 saturated carbocycles. The molecule has 4 rings (SSSR count). The zero-order chi connectivity index (χ0) is 21.8. The molecule has 1 aliphatic rings. The molecule has 1 amide bonds. The topological polar surface area (TPSA) is 88.6 Å². The molecule has 3 aromatic rings. The summed E-state index contributed by atoms with van der Waals surface area (Å²) in [6, 6.07) is 10.9. The Morgan fingerprint density at radius 3 is 2.94 bits per heavy atom. The van der Waals surface area contributed by atoms with Gasteiger partial charge in [0.2, 0.25) is 0 Å². The summed E-state index contributed by atoms with van der Waals surface area (Å²) in [5, 5.41) is 7.21. The summed E-state index contributed by atoms with van der Waals surface area (Å²) in [5.74, 6) is 3.90. The average Bonchev–Trinajstić information content (AvgIpc) is 2.79. The van der Waals surface area contributed by atoms with Crippen LogP contribution in [0.15, 0.2) is 42.7 Å². The van der Waals surface area contributed by atoms with E-state index in [-0.39, 0.29) is 6.04 Å². The number of amides is 1. The van der Waals surface area contributed by atoms with Gasteiger partial charge in [0.15, 0.2) is 11.5 Å². The van der Waals surface area contributed by atoms with E-state index in [0.717, 1.165) is 24.3 Å². The molecule has 158 valence electrons. The van der Waals surface area contributed by atoms with Crippen molar-refractivity contribution in [3.8, 4) is 23.8 Å². The number of rotatable bonds is 4. The summed E-state index contributed by atoms with van der Waals surface area (Å²) in [6.07, 6.45) is 6.54. The fourth-order valence-corrected chi connectivity index (χ4v) is 3.49. The maximum Gasteiger partial charge on any atom is 0.415 e. The van der Waals surface area contributed by atoms with Gasteiger partial charge in [-0.25, -0.2) is 14.8 Å². The lowest BCUT2D eigenvalue weighted by molar-refractivity contribution is 0.123. The highest BCUT2D eigenvalue weighted by Crippen LogP contribution is 2.35. The van der Waals surface area contributed by atoms with E-state index >= 15 is 0 Å². The summed E-state index contributed by atoms with van der Waals surface area (Å²) >= 11 is 0. The van der Waals surface area contributed by atoms with Crippen LogP contribution in [-0.2, 0) is 0 Å². The van der Waals surface area contributed by atoms with E-state index in [1.165, 1.54) is 13.4 Å². The van der Waals surface area contributed by atoms with Crippen molar-refractivity contribution in [1.29, 1.82) is 0 Å². The number of carbonyl (C=O) groups excluding carboxylic acids is 1. The van der Waals surface area contributed by atoms with Gasteiger partial charge in [-0.1, -0.05) is 12.0 Å². The van der Waals surface area contributed by atoms with Crippen LogP contribution in [0, 0.1) is 12.3 Å². The van der Waals surface area contributed by atoms with Gasteiger partial charge < -0.3 is 25.0 Å². The number of terminal acetylenes is 1. The summed E-state index contributed by atoms with van der Waals surface area (Å²) < 4.78 is 11.2. The number of nitrogens with one attached hydrogen (secondary N) is 2. The minimum Gasteiger partial charge on any atom is -0.493 e. The van der Waals surface area contributed by atoms with Crippen molar-refractivity contribution in [2.75, 3.05) is 32.1 Å². The van der Waals surface area contributed by atoms with Crippen molar-refractivity contribution in [2.24, 2.45) is 0 Å². The second-order valence-electron chi connectivity index (χ2n) is 7.21. The molecule has 0 radical (unpaired) electrons. The summed E-state index contributed by atoms with van der Waals surface area (Å²) in [5.41, 5.74) is 2.20. The molecule has 1 atom stereocenters. The van der Waals surface area contributed by atoms with Crippen LogP contribution >= 0.6 is 0 Å². The van der Waals surface area contributed by atoms with Gasteiger partial charge in [0.05, 0.1) is 12.6 Å². The molecule has 2 aromatic carbocycles. The molecule has 8 nitrogen and oxygen atoms in total. The molecule has 0 bridgehead atoms. The van der Waals surface area contributed by atoms with E-state index in [9.17, 15) is 4.79 Å². The van der Waals surface area contributed by atoms with E-state index in [1.54, 1.807) is 17.0 Å². The third-order valence-electron chi connectivity index (χ3n) is 5.15. The second kappa shape index (κ2) is 8.90. The minimum atomic E-state index is -0.417. The highest BCUT2D eigenvalue weighted by Gasteiger charge is 2.26. The first-order valence-corrected chi connectivity index (χ1v) is 9.94. The van der Waals surface area contributed by atoms with Gasteiger partial charge in [0, 0.05) is 48.4 Å². The lowest BCUT2D eigenvalue weighted by Gasteiger charge is -2.33. The van der Waals surface area contributed by atoms with E-state index < -0.39 is 6.09 Å². The SMILES string of the molecule is C#Cc1cccc(Nc2ncnc3cc(OC)c(OC(=O)N4CCNCC4C)cc23)c1. The number of benzene rings is 2. The van der Waals surface area contributed by atoms with E-state index in [1.807, 2.05) is 31.2 Å². The Kier molecular flexibility index (Phi) is 5.87. The van der Waals surface area contributed by atoms with Gasteiger partial charge in [-0.2, -0.15) is 0 Å². The number of nitrogens with zero attached hydrogens (tertiary/aromatic N) is 3. The number of piperazine rings is 1. The van der Waals surface area contributed by atoms with Crippen LogP contribution in [-0.4, -0.2) is 53.7 Å². The van der Waals surface area contributed by atoms with Crippen molar-refractivity contribution in [2.45, 2.75) is 13.0 Å². The highest BCUT2D eigenvalue weighted by atomic mass is 16.6. The number of aromatic nitrogens is 2. The fourth-order valence-electron chi connectivity index (χ4n) is 3.49. The molecule has 8 heteroatoms. The van der Waals surface area contributed by atoms with Gasteiger partial charge >= 0.3 is 6.09 Å². The average molecular weight is 417 g/mol. The molecule has 0 aliphatic carbocycles. The Morgan fingerprint density at radius 2 is 2.16 bits per heavy atom. The molecule has 2 N–H and O–H groups in total. The van der Waals surface area contributed by atoms with Gasteiger partial charge in [-0.05, 0) is 31.2 Å². The molecular formula is C23H23N5O3. The molecule has 0 spiro atoms. The largest absolute Gasteiger partial charge is 0.493 e. The Bertz CT molecular complexity index is 1160. The zero-order valence-corrected chi connectivity index (χ0v) is 17.4. The Morgan fingerprint density at radius 1 is 1.29 bits per heavy atom. The number of anilines is 2. The van der Waals surface area contributed by atoms with Gasteiger partial charge in [-0.15, -0.1) is 6.42 Å². The fraction of sp³-hybridized carbons (Fsp3) is 0.261. The molecule has 1 fully saturated rings. The van der Waals surface area contributed by atoms with Crippen molar-refractivity contribution < 1.29 is 14.3 Å². The standard InChI is InChI=1S/C23H23N5O3/c1-4-16-6-5-7-17(10-16)27-22-18-11-21(20(30-3)12-19(18)25-14-26-22)31-23(29)28-9-8-24-13-15(28)2/h1,5-7,10-12,14-15,24H,8-9,13H2,2-3H3,(H,25,26,27). The Balaban J connectivity index is 1.68. The molecule has 2 heterocycles. The van der Waals surface area contributed by atoms with Crippen molar-refractivity contribution >= 4 is 28.5 Å². The van der Waals surface area contributed by atoms with Crippen molar-refractivity contribution in [3.05, 3.63) is 48.3 Å². The first-order chi connectivity index (χ1) is 15.1. The molecule has 31 heavy (non-hydrogen) atoms. The smallest absolute Gasteiger partial charge is 0.415 e. The maximum atomic E-state index is 12.8. The second-order valence-corrected chi connectivity index (χ2v) is 7.21. The first kappa shape index (κ1) is 20.4. The number of ether oxygens (including phenoxy) is 2. The minimum absolute atomic E-state index is 0.0386. The monoisotopic (exact) mass is 417 g/mol. The predicted octanol–water partition coefficient (Wildman–Crippen LogP) is 3.16. The lowest BCUT2D eigenvalue weighted by Crippen LogP contribution is -2.53. The van der Waals surface area contributed by atoms with E-state index in [4.69, 9.17) is 15.9 Å². The van der Waals surface area contributed by atoms with Crippen LogP contribution in [0.5, 0.6) is 11.5 Å². The van der Waals surface area contributed by atoms with Gasteiger partial charge in [0.25, 0.3) is 0 Å². The van der Waals surface area contributed by atoms with Crippen LogP contribution in [0.1, 0.15) is 12.5 Å². The van der Waals surface area contributed by atoms with Crippen LogP contribution in [0.25, 0.3) is 10.9 Å². The number of methoxy groups -OCH3 is 1. The Labute approximate surface area is 180 Å². The molecular weight excluding hydrogens is 394 g/mol. The predicted molar refractivity (Wildman–Crippen MR) is 119 cm³/mol.